The SMILES string of the molecule is O=C(CCc1cocn1)c1ccc(CNS(=O)(=O)c2ccc(F)c(Cl)c2)nn1. The number of hydrogen-bond acceptors (Lipinski definition) is 7. The first-order valence-corrected chi connectivity index (χ1v) is 9.89. The highest BCUT2D eigenvalue weighted by Gasteiger charge is 2.16. The Bertz CT molecular complexity index is 1070. The third kappa shape index (κ3) is 4.97. The molecular formula is C17H14ClFN4O4S. The first-order valence-electron chi connectivity index (χ1n) is 8.03. The quantitative estimate of drug-likeness (QED) is 0.552. The number of ketones is 1. The molecule has 0 unspecified atom stereocenters. The minimum atomic E-state index is -3.91. The average Bonchev–Trinajstić information content (AvgIpc) is 3.20. The lowest BCUT2D eigenvalue weighted by Crippen LogP contribution is -2.24. The molecule has 2 aromatic heterocycles. The molecule has 0 radical (unpaired) electrons. The molecule has 0 fully saturated rings. The Morgan fingerprint density at radius 3 is 2.64 bits per heavy atom. The molecule has 0 amide bonds. The zero-order chi connectivity index (χ0) is 20.1. The largest absolute Gasteiger partial charge is 0.451 e. The van der Waals surface area contributed by atoms with Crippen molar-refractivity contribution < 1.29 is 22.0 Å². The van der Waals surface area contributed by atoms with E-state index in [9.17, 15) is 17.6 Å². The van der Waals surface area contributed by atoms with Crippen LogP contribution in [-0.2, 0) is 23.0 Å². The fraction of sp³-hybridized carbons (Fsp3) is 0.176. The molecule has 8 nitrogen and oxygen atoms in total. The van der Waals surface area contributed by atoms with Gasteiger partial charge in [0.2, 0.25) is 10.0 Å². The van der Waals surface area contributed by atoms with Gasteiger partial charge in [0, 0.05) is 12.8 Å². The molecule has 146 valence electrons. The number of nitrogens with zero attached hydrogens (tertiary/aromatic N) is 3. The molecule has 28 heavy (non-hydrogen) atoms. The molecule has 1 N–H and O–H groups in total. The Morgan fingerprint density at radius 1 is 1.18 bits per heavy atom. The predicted molar refractivity (Wildman–Crippen MR) is 96.6 cm³/mol. The summed E-state index contributed by atoms with van der Waals surface area (Å²) in [4.78, 5) is 15.9. The second-order valence-corrected chi connectivity index (χ2v) is 7.89. The van der Waals surface area contributed by atoms with Gasteiger partial charge in [-0.3, -0.25) is 4.79 Å². The molecule has 1 aromatic carbocycles. The number of oxazole rings is 1. The van der Waals surface area contributed by atoms with Crippen LogP contribution in [0.2, 0.25) is 5.02 Å². The lowest BCUT2D eigenvalue weighted by atomic mass is 10.1. The number of halogens is 2. The van der Waals surface area contributed by atoms with E-state index in [4.69, 9.17) is 16.0 Å². The standard InChI is InChI=1S/C17H14ClFN4O4S/c18-14-7-13(3-4-15(14)19)28(25,26)21-8-11-1-5-16(23-22-11)17(24)6-2-12-9-27-10-20-12/h1,3-5,7,9-10,21H,2,6,8H2. The first kappa shape index (κ1) is 20.1. The third-order valence-electron chi connectivity index (χ3n) is 3.74. The summed E-state index contributed by atoms with van der Waals surface area (Å²) in [5.74, 6) is -0.932. The van der Waals surface area contributed by atoms with Gasteiger partial charge in [-0.1, -0.05) is 11.6 Å². The maximum absolute atomic E-state index is 13.2. The number of carbonyl (C=O) groups excluding carboxylic acids is 1. The number of aromatic nitrogens is 3. The number of aryl methyl sites for hydroxylation is 1. The monoisotopic (exact) mass is 424 g/mol. The van der Waals surface area contributed by atoms with E-state index in [2.05, 4.69) is 19.9 Å². The minimum absolute atomic E-state index is 0.155. The number of Topliss-reactive ketones (excluding diaryl/α,β-unsaturated/α-hetero) is 1. The molecule has 2 heterocycles. The number of benzene rings is 1. The van der Waals surface area contributed by atoms with Gasteiger partial charge < -0.3 is 4.42 Å². The van der Waals surface area contributed by atoms with Crippen molar-refractivity contribution in [3.63, 3.8) is 0 Å². The molecule has 3 rings (SSSR count). The first-order chi connectivity index (χ1) is 13.3. The van der Waals surface area contributed by atoms with Crippen LogP contribution in [0.25, 0.3) is 0 Å². The maximum Gasteiger partial charge on any atom is 0.240 e. The number of carbonyl (C=O) groups is 1. The number of hydrogen-bond donors (Lipinski definition) is 1. The van der Waals surface area contributed by atoms with Crippen molar-refractivity contribution in [2.45, 2.75) is 24.3 Å². The Balaban J connectivity index is 1.59. The summed E-state index contributed by atoms with van der Waals surface area (Å²) < 4.78 is 44.8. The summed E-state index contributed by atoms with van der Waals surface area (Å²) in [7, 11) is -3.91. The lowest BCUT2D eigenvalue weighted by molar-refractivity contribution is 0.0976. The van der Waals surface area contributed by atoms with E-state index in [1.807, 2.05) is 0 Å². The van der Waals surface area contributed by atoms with Crippen LogP contribution in [-0.4, -0.2) is 29.4 Å². The second kappa shape index (κ2) is 8.55. The van der Waals surface area contributed by atoms with Crippen LogP contribution >= 0.6 is 11.6 Å². The van der Waals surface area contributed by atoms with Gasteiger partial charge in [0.25, 0.3) is 0 Å². The number of nitrogens with one attached hydrogen (secondary N) is 1. The van der Waals surface area contributed by atoms with E-state index >= 15 is 0 Å². The highest BCUT2D eigenvalue weighted by Crippen LogP contribution is 2.19. The van der Waals surface area contributed by atoms with Crippen molar-refractivity contribution in [2.75, 3.05) is 0 Å². The summed E-state index contributed by atoms with van der Waals surface area (Å²) in [5, 5.41) is 7.39. The second-order valence-electron chi connectivity index (χ2n) is 5.71. The maximum atomic E-state index is 13.2. The van der Waals surface area contributed by atoms with Crippen molar-refractivity contribution in [2.24, 2.45) is 0 Å². The van der Waals surface area contributed by atoms with Crippen LogP contribution in [0.4, 0.5) is 4.39 Å². The van der Waals surface area contributed by atoms with Crippen molar-refractivity contribution in [1.29, 1.82) is 0 Å². The number of rotatable bonds is 8. The molecular weight excluding hydrogens is 411 g/mol. The summed E-state index contributed by atoms with van der Waals surface area (Å²) in [5.41, 5.74) is 1.14. The molecule has 3 aromatic rings. The highest BCUT2D eigenvalue weighted by atomic mass is 35.5. The minimum Gasteiger partial charge on any atom is -0.451 e. The average molecular weight is 425 g/mol. The smallest absolute Gasteiger partial charge is 0.240 e. The van der Waals surface area contributed by atoms with Crippen LogP contribution in [0.5, 0.6) is 0 Å². The van der Waals surface area contributed by atoms with E-state index in [1.54, 1.807) is 0 Å². The van der Waals surface area contributed by atoms with Gasteiger partial charge in [-0.25, -0.2) is 22.5 Å². The zero-order valence-corrected chi connectivity index (χ0v) is 15.9. The molecule has 0 saturated heterocycles. The molecule has 0 aliphatic rings. The summed E-state index contributed by atoms with van der Waals surface area (Å²) in [6, 6.07) is 6.05. The molecule has 0 aliphatic heterocycles. The van der Waals surface area contributed by atoms with Crippen molar-refractivity contribution >= 4 is 27.4 Å². The van der Waals surface area contributed by atoms with Gasteiger partial charge in [0.05, 0.1) is 27.9 Å². The summed E-state index contributed by atoms with van der Waals surface area (Å²) in [6.07, 6.45) is 3.36. The van der Waals surface area contributed by atoms with Gasteiger partial charge in [-0.05, 0) is 30.3 Å². The number of sulfonamides is 1. The molecule has 11 heteroatoms. The van der Waals surface area contributed by atoms with Crippen LogP contribution in [0.3, 0.4) is 0 Å². The van der Waals surface area contributed by atoms with Crippen LogP contribution in [0.15, 0.2) is 52.3 Å². The molecule has 0 spiro atoms. The molecule has 0 saturated carbocycles. The van der Waals surface area contributed by atoms with Gasteiger partial charge in [-0.2, -0.15) is 5.10 Å². The van der Waals surface area contributed by atoms with E-state index in [0.717, 1.165) is 18.2 Å². The van der Waals surface area contributed by atoms with Crippen molar-refractivity contribution in [1.82, 2.24) is 19.9 Å². The Hall–Kier alpha value is -2.69. The summed E-state index contributed by atoms with van der Waals surface area (Å²) in [6.45, 7) is -0.155. The molecule has 0 atom stereocenters. The normalized spacial score (nSPS) is 11.5. The fourth-order valence-corrected chi connectivity index (χ4v) is 3.50. The molecule has 0 aliphatic carbocycles. The van der Waals surface area contributed by atoms with E-state index in [-0.39, 0.29) is 34.4 Å². The summed E-state index contributed by atoms with van der Waals surface area (Å²) >= 11 is 5.61. The lowest BCUT2D eigenvalue weighted by Gasteiger charge is -2.07. The highest BCUT2D eigenvalue weighted by molar-refractivity contribution is 7.89. The predicted octanol–water partition coefficient (Wildman–Crippen LogP) is 2.55. The third-order valence-corrected chi connectivity index (χ3v) is 5.43. The van der Waals surface area contributed by atoms with Crippen molar-refractivity contribution in [3.05, 3.63) is 70.9 Å². The zero-order valence-electron chi connectivity index (χ0n) is 14.3. The topological polar surface area (TPSA) is 115 Å². The van der Waals surface area contributed by atoms with Crippen LogP contribution in [0.1, 0.15) is 28.3 Å². The van der Waals surface area contributed by atoms with Gasteiger partial charge in [0.1, 0.15) is 17.8 Å². The van der Waals surface area contributed by atoms with Crippen LogP contribution in [0, 0.1) is 5.82 Å². The van der Waals surface area contributed by atoms with E-state index in [0.29, 0.717) is 17.8 Å². The van der Waals surface area contributed by atoms with E-state index in [1.165, 1.54) is 24.8 Å². The van der Waals surface area contributed by atoms with Gasteiger partial charge in [-0.15, -0.1) is 5.10 Å². The Kier molecular flexibility index (Phi) is 6.12. The van der Waals surface area contributed by atoms with Crippen LogP contribution < -0.4 is 4.72 Å². The molecule has 0 bridgehead atoms. The van der Waals surface area contributed by atoms with E-state index < -0.39 is 15.8 Å². The Labute approximate surface area is 164 Å². The van der Waals surface area contributed by atoms with Crippen molar-refractivity contribution in [3.8, 4) is 0 Å². The Morgan fingerprint density at radius 2 is 2.00 bits per heavy atom. The van der Waals surface area contributed by atoms with Gasteiger partial charge in [0.15, 0.2) is 12.2 Å². The van der Waals surface area contributed by atoms with Gasteiger partial charge >= 0.3 is 0 Å². The fourth-order valence-electron chi connectivity index (χ4n) is 2.23.